The van der Waals surface area contributed by atoms with Gasteiger partial charge in [0.15, 0.2) is 0 Å². The molecule has 0 aromatic heterocycles. The Morgan fingerprint density at radius 1 is 1.30 bits per heavy atom. The lowest BCUT2D eigenvalue weighted by Crippen LogP contribution is -2.12. The van der Waals surface area contributed by atoms with E-state index in [1.807, 2.05) is 14.1 Å². The Balaban J connectivity index is 0. The number of halogens is 1. The second kappa shape index (κ2) is 8.74. The van der Waals surface area contributed by atoms with Gasteiger partial charge in [0.05, 0.1) is 6.07 Å². The largest absolute Gasteiger partial charge is 0.309 e. The van der Waals surface area contributed by atoms with Gasteiger partial charge in [-0.05, 0) is 33.5 Å². The van der Waals surface area contributed by atoms with Crippen molar-refractivity contribution in [3.05, 3.63) is 0 Å². The van der Waals surface area contributed by atoms with Crippen LogP contribution in [0.3, 0.4) is 0 Å². The van der Waals surface area contributed by atoms with Crippen molar-refractivity contribution in [2.24, 2.45) is 0 Å². The van der Waals surface area contributed by atoms with Crippen LogP contribution in [0.4, 0.5) is 0 Å². The Labute approximate surface area is 69.2 Å². The molecule has 0 rings (SSSR count). The van der Waals surface area contributed by atoms with E-state index in [2.05, 4.69) is 11.0 Å². The van der Waals surface area contributed by atoms with E-state index < -0.39 is 0 Å². The maximum absolute atomic E-state index is 8.17. The summed E-state index contributed by atoms with van der Waals surface area (Å²) >= 11 is 0. The quantitative estimate of drug-likeness (QED) is 0.588. The maximum atomic E-state index is 8.17. The summed E-state index contributed by atoms with van der Waals surface area (Å²) in [7, 11) is 4.10. The molecule has 3 heteroatoms. The predicted molar refractivity (Wildman–Crippen MR) is 45.3 cm³/mol. The Morgan fingerprint density at radius 3 is 2.30 bits per heavy atom. The highest BCUT2D eigenvalue weighted by molar-refractivity contribution is 5.85. The molecule has 0 aromatic carbocycles. The minimum Gasteiger partial charge on any atom is -0.309 e. The number of nitriles is 1. The third-order valence-corrected chi connectivity index (χ3v) is 1.14. The summed E-state index contributed by atoms with van der Waals surface area (Å²) < 4.78 is 0. The van der Waals surface area contributed by atoms with Crippen molar-refractivity contribution in [2.45, 2.75) is 19.3 Å². The van der Waals surface area contributed by atoms with Gasteiger partial charge in [-0.1, -0.05) is 0 Å². The molecule has 0 aliphatic heterocycles. The van der Waals surface area contributed by atoms with Crippen molar-refractivity contribution in [1.82, 2.24) is 4.90 Å². The minimum atomic E-state index is 0. The van der Waals surface area contributed by atoms with Crippen LogP contribution in [0.15, 0.2) is 0 Å². The van der Waals surface area contributed by atoms with Gasteiger partial charge in [-0.25, -0.2) is 0 Å². The molecule has 0 saturated heterocycles. The monoisotopic (exact) mass is 162 g/mol. The highest BCUT2D eigenvalue weighted by Crippen LogP contribution is 1.93. The number of hydrogen-bond acceptors (Lipinski definition) is 2. The van der Waals surface area contributed by atoms with Crippen molar-refractivity contribution in [2.75, 3.05) is 20.6 Å². The zero-order valence-corrected chi connectivity index (χ0v) is 7.45. The second-order valence-electron chi connectivity index (χ2n) is 2.42. The van der Waals surface area contributed by atoms with Crippen molar-refractivity contribution < 1.29 is 0 Å². The van der Waals surface area contributed by atoms with E-state index >= 15 is 0 Å². The highest BCUT2D eigenvalue weighted by Gasteiger charge is 1.88. The smallest absolute Gasteiger partial charge is 0.0621 e. The molecule has 0 aromatic rings. The summed E-state index contributed by atoms with van der Waals surface area (Å²) in [6, 6.07) is 2.12. The minimum absolute atomic E-state index is 0. The molecule has 2 nitrogen and oxygen atoms in total. The van der Waals surface area contributed by atoms with Gasteiger partial charge in [0.25, 0.3) is 0 Å². The fourth-order valence-corrected chi connectivity index (χ4v) is 0.632. The van der Waals surface area contributed by atoms with Gasteiger partial charge in [-0.2, -0.15) is 5.26 Å². The molecule has 0 spiro atoms. The van der Waals surface area contributed by atoms with Crippen molar-refractivity contribution in [3.8, 4) is 6.07 Å². The normalized spacial score (nSPS) is 8.60. The molecule has 0 bridgehead atoms. The zero-order chi connectivity index (χ0) is 7.11. The fourth-order valence-electron chi connectivity index (χ4n) is 0.632. The lowest BCUT2D eigenvalue weighted by atomic mass is 10.2. The third kappa shape index (κ3) is 10.7. The number of rotatable bonds is 4. The van der Waals surface area contributed by atoms with Gasteiger partial charge in [0.1, 0.15) is 0 Å². The summed E-state index contributed by atoms with van der Waals surface area (Å²) in [6.07, 6.45) is 2.88. The van der Waals surface area contributed by atoms with Gasteiger partial charge < -0.3 is 4.90 Å². The van der Waals surface area contributed by atoms with Crippen molar-refractivity contribution >= 4 is 12.4 Å². The molecule has 10 heavy (non-hydrogen) atoms. The summed E-state index contributed by atoms with van der Waals surface area (Å²) in [5.41, 5.74) is 0. The van der Waals surface area contributed by atoms with E-state index in [0.29, 0.717) is 6.42 Å². The molecule has 0 radical (unpaired) electrons. The lowest BCUT2D eigenvalue weighted by molar-refractivity contribution is 0.395. The molecule has 0 aliphatic carbocycles. The van der Waals surface area contributed by atoms with Crippen LogP contribution < -0.4 is 0 Å². The molecule has 0 heterocycles. The second-order valence-corrected chi connectivity index (χ2v) is 2.42. The van der Waals surface area contributed by atoms with E-state index in [9.17, 15) is 0 Å². The van der Waals surface area contributed by atoms with E-state index in [1.165, 1.54) is 0 Å². The van der Waals surface area contributed by atoms with Crippen molar-refractivity contribution in [3.63, 3.8) is 0 Å². The molecule has 0 aliphatic rings. The number of unbranched alkanes of at least 4 members (excludes halogenated alkanes) is 2. The Bertz CT molecular complexity index is 96.3. The van der Waals surface area contributed by atoms with Crippen molar-refractivity contribution in [1.29, 1.82) is 5.26 Å². The Hall–Kier alpha value is -0.260. The van der Waals surface area contributed by atoms with Gasteiger partial charge in [-0.3, -0.25) is 0 Å². The average molecular weight is 163 g/mol. The fraction of sp³-hybridized carbons (Fsp3) is 0.857. The zero-order valence-electron chi connectivity index (χ0n) is 6.63. The van der Waals surface area contributed by atoms with Crippen LogP contribution in [0, 0.1) is 11.3 Å². The molecule has 0 N–H and O–H groups in total. The average Bonchev–Trinajstić information content (AvgIpc) is 1.80. The molecule has 60 valence electrons. The summed E-state index contributed by atoms with van der Waals surface area (Å²) in [5.74, 6) is 0. The van der Waals surface area contributed by atoms with Crippen LogP contribution in [0.2, 0.25) is 0 Å². The maximum Gasteiger partial charge on any atom is 0.0621 e. The summed E-state index contributed by atoms with van der Waals surface area (Å²) in [6.45, 7) is 1.10. The first-order valence-electron chi connectivity index (χ1n) is 3.29. The third-order valence-electron chi connectivity index (χ3n) is 1.14. The van der Waals surface area contributed by atoms with Gasteiger partial charge in [0, 0.05) is 6.42 Å². The van der Waals surface area contributed by atoms with E-state index in [4.69, 9.17) is 5.26 Å². The SMILES string of the molecule is CN(C)CCCCC#N.Cl. The summed E-state index contributed by atoms with van der Waals surface area (Å²) in [5, 5.41) is 8.17. The molecular weight excluding hydrogens is 148 g/mol. The molecular formula is C7H15ClN2. The molecule has 0 atom stereocenters. The van der Waals surface area contributed by atoms with Crippen LogP contribution >= 0.6 is 12.4 Å². The molecule has 0 amide bonds. The van der Waals surface area contributed by atoms with Crippen LogP contribution in [0.25, 0.3) is 0 Å². The van der Waals surface area contributed by atoms with E-state index in [0.717, 1.165) is 19.4 Å². The lowest BCUT2D eigenvalue weighted by Gasteiger charge is -2.06. The van der Waals surface area contributed by atoms with Crippen LogP contribution in [0.5, 0.6) is 0 Å². The number of hydrogen-bond donors (Lipinski definition) is 0. The predicted octanol–water partition coefficient (Wildman–Crippen LogP) is 1.66. The van der Waals surface area contributed by atoms with Gasteiger partial charge in [0.2, 0.25) is 0 Å². The molecule has 0 saturated carbocycles. The number of nitrogens with zero attached hydrogens (tertiary/aromatic N) is 2. The van der Waals surface area contributed by atoms with E-state index in [1.54, 1.807) is 0 Å². The Kier molecular flexibility index (Phi) is 10.9. The van der Waals surface area contributed by atoms with Gasteiger partial charge >= 0.3 is 0 Å². The first-order valence-corrected chi connectivity index (χ1v) is 3.29. The van der Waals surface area contributed by atoms with E-state index in [-0.39, 0.29) is 12.4 Å². The Morgan fingerprint density at radius 2 is 1.90 bits per heavy atom. The van der Waals surface area contributed by atoms with Crippen LogP contribution in [0.1, 0.15) is 19.3 Å². The van der Waals surface area contributed by atoms with Crippen LogP contribution in [-0.4, -0.2) is 25.5 Å². The summed E-state index contributed by atoms with van der Waals surface area (Å²) in [4.78, 5) is 2.14. The topological polar surface area (TPSA) is 27.0 Å². The molecule has 0 unspecified atom stereocenters. The first-order chi connectivity index (χ1) is 4.27. The first kappa shape index (κ1) is 12.4. The van der Waals surface area contributed by atoms with Gasteiger partial charge in [-0.15, -0.1) is 12.4 Å². The standard InChI is InChI=1S/C7H14N2.ClH/c1-9(2)7-5-3-4-6-8;/h3-5,7H2,1-2H3;1H. The highest BCUT2D eigenvalue weighted by atomic mass is 35.5. The van der Waals surface area contributed by atoms with Crippen LogP contribution in [-0.2, 0) is 0 Å². The molecule has 0 fully saturated rings.